The lowest BCUT2D eigenvalue weighted by Gasteiger charge is -2.35. The molecule has 4 heteroatoms. The van der Waals surface area contributed by atoms with Gasteiger partial charge in [0.25, 0.3) is 0 Å². The Morgan fingerprint density at radius 1 is 1.47 bits per heavy atom. The van der Waals surface area contributed by atoms with E-state index in [4.69, 9.17) is 5.73 Å². The smallest absolute Gasteiger partial charge is 0.135 e. The monoisotopic (exact) mass is 231 g/mol. The molecule has 0 aliphatic heterocycles. The van der Waals surface area contributed by atoms with Gasteiger partial charge in [-0.05, 0) is 37.0 Å². The van der Waals surface area contributed by atoms with Crippen molar-refractivity contribution < 1.29 is 5.11 Å². The van der Waals surface area contributed by atoms with Crippen LogP contribution in [0.3, 0.4) is 0 Å². The molecular weight excluding hydrogens is 214 g/mol. The first-order valence-electron chi connectivity index (χ1n) is 6.06. The number of rotatable bonds is 2. The highest BCUT2D eigenvalue weighted by Crippen LogP contribution is 2.40. The lowest BCUT2D eigenvalue weighted by Crippen LogP contribution is -2.26. The quantitative estimate of drug-likeness (QED) is 0.778. The van der Waals surface area contributed by atoms with Crippen molar-refractivity contribution in [2.75, 3.05) is 5.73 Å². The van der Waals surface area contributed by atoms with E-state index in [0.29, 0.717) is 11.7 Å². The average Bonchev–Trinajstić information content (AvgIpc) is 2.62. The van der Waals surface area contributed by atoms with Gasteiger partial charge in [0.1, 0.15) is 12.4 Å². The summed E-state index contributed by atoms with van der Waals surface area (Å²) in [6.07, 6.45) is 2.34. The van der Waals surface area contributed by atoms with E-state index in [-0.39, 0.29) is 6.61 Å². The van der Waals surface area contributed by atoms with Crippen LogP contribution >= 0.6 is 0 Å². The molecular formula is C13H17N3O. The lowest BCUT2D eigenvalue weighted by molar-refractivity contribution is 0.198. The van der Waals surface area contributed by atoms with Gasteiger partial charge in [0.15, 0.2) is 0 Å². The maximum Gasteiger partial charge on any atom is 0.135 e. The Morgan fingerprint density at radius 3 is 2.88 bits per heavy atom. The van der Waals surface area contributed by atoms with Crippen molar-refractivity contribution >= 4 is 16.7 Å². The normalized spacial score (nSPS) is 23.9. The van der Waals surface area contributed by atoms with Gasteiger partial charge < -0.3 is 15.4 Å². The van der Waals surface area contributed by atoms with Crippen LogP contribution in [0.25, 0.3) is 11.0 Å². The molecule has 0 atom stereocenters. The Morgan fingerprint density at radius 2 is 2.24 bits per heavy atom. The molecule has 1 aliphatic carbocycles. The molecule has 3 rings (SSSR count). The SMILES string of the molecule is CC1CC(n2c(CO)nc3cc(N)ccc32)C1. The summed E-state index contributed by atoms with van der Waals surface area (Å²) in [5.41, 5.74) is 8.44. The fraction of sp³-hybridized carbons (Fsp3) is 0.462. The predicted octanol–water partition coefficient (Wildman–Crippen LogP) is 2.08. The van der Waals surface area contributed by atoms with E-state index in [1.54, 1.807) is 0 Å². The number of hydrogen-bond donors (Lipinski definition) is 2. The first-order chi connectivity index (χ1) is 8.19. The van der Waals surface area contributed by atoms with E-state index in [0.717, 1.165) is 22.8 Å². The second-order valence-electron chi connectivity index (χ2n) is 5.03. The first kappa shape index (κ1) is 10.6. The molecule has 0 amide bonds. The minimum absolute atomic E-state index is 0.0144. The zero-order valence-corrected chi connectivity index (χ0v) is 9.93. The third kappa shape index (κ3) is 1.60. The van der Waals surface area contributed by atoms with E-state index in [1.165, 1.54) is 12.8 Å². The van der Waals surface area contributed by atoms with Crippen LogP contribution < -0.4 is 5.73 Å². The number of nitrogen functional groups attached to an aromatic ring is 1. The molecule has 0 radical (unpaired) electrons. The van der Waals surface area contributed by atoms with Crippen molar-refractivity contribution in [3.05, 3.63) is 24.0 Å². The zero-order valence-electron chi connectivity index (χ0n) is 9.93. The largest absolute Gasteiger partial charge is 0.399 e. The molecule has 1 fully saturated rings. The van der Waals surface area contributed by atoms with Crippen LogP contribution in [0.1, 0.15) is 31.6 Å². The maximum atomic E-state index is 9.41. The van der Waals surface area contributed by atoms with Gasteiger partial charge in [-0.1, -0.05) is 6.92 Å². The summed E-state index contributed by atoms with van der Waals surface area (Å²) in [6.45, 7) is 2.24. The molecule has 1 saturated carbocycles. The minimum atomic E-state index is -0.0144. The molecule has 0 saturated heterocycles. The average molecular weight is 231 g/mol. The number of fused-ring (bicyclic) bond motifs is 1. The van der Waals surface area contributed by atoms with E-state index in [9.17, 15) is 5.11 Å². The van der Waals surface area contributed by atoms with E-state index in [1.807, 2.05) is 18.2 Å². The van der Waals surface area contributed by atoms with Crippen LogP contribution in [0.2, 0.25) is 0 Å². The van der Waals surface area contributed by atoms with Crippen molar-refractivity contribution in [2.24, 2.45) is 5.92 Å². The molecule has 3 N–H and O–H groups in total. The van der Waals surface area contributed by atoms with E-state index < -0.39 is 0 Å². The van der Waals surface area contributed by atoms with Crippen molar-refractivity contribution in [3.8, 4) is 0 Å². The van der Waals surface area contributed by atoms with Gasteiger partial charge in [0.05, 0.1) is 11.0 Å². The molecule has 4 nitrogen and oxygen atoms in total. The Bertz CT molecular complexity index is 555. The summed E-state index contributed by atoms with van der Waals surface area (Å²) >= 11 is 0. The first-order valence-corrected chi connectivity index (χ1v) is 6.06. The number of nitrogens with two attached hydrogens (primary N) is 1. The Balaban J connectivity index is 2.13. The van der Waals surface area contributed by atoms with Crippen LogP contribution in [0.5, 0.6) is 0 Å². The van der Waals surface area contributed by atoms with Gasteiger partial charge in [-0.15, -0.1) is 0 Å². The number of nitrogens with zero attached hydrogens (tertiary/aromatic N) is 2. The summed E-state index contributed by atoms with van der Waals surface area (Å²) < 4.78 is 2.18. The molecule has 2 aromatic rings. The van der Waals surface area contributed by atoms with E-state index >= 15 is 0 Å². The minimum Gasteiger partial charge on any atom is -0.399 e. The molecule has 17 heavy (non-hydrogen) atoms. The number of aliphatic hydroxyl groups excluding tert-OH is 1. The number of aliphatic hydroxyl groups is 1. The summed E-state index contributed by atoms with van der Waals surface area (Å²) in [5.74, 6) is 1.53. The fourth-order valence-electron chi connectivity index (χ4n) is 2.76. The molecule has 0 spiro atoms. The van der Waals surface area contributed by atoms with Crippen LogP contribution in [0.15, 0.2) is 18.2 Å². The molecule has 1 aliphatic rings. The summed E-state index contributed by atoms with van der Waals surface area (Å²) in [7, 11) is 0. The number of imidazole rings is 1. The summed E-state index contributed by atoms with van der Waals surface area (Å²) in [4.78, 5) is 4.45. The molecule has 0 bridgehead atoms. The molecule has 1 aromatic heterocycles. The molecule has 0 unspecified atom stereocenters. The fourth-order valence-corrected chi connectivity index (χ4v) is 2.76. The molecule has 1 aromatic carbocycles. The molecule has 90 valence electrons. The zero-order chi connectivity index (χ0) is 12.0. The van der Waals surface area contributed by atoms with Gasteiger partial charge in [-0.2, -0.15) is 0 Å². The van der Waals surface area contributed by atoms with E-state index in [2.05, 4.69) is 16.5 Å². The Hall–Kier alpha value is -1.55. The third-order valence-corrected chi connectivity index (χ3v) is 3.64. The van der Waals surface area contributed by atoms with Gasteiger partial charge >= 0.3 is 0 Å². The van der Waals surface area contributed by atoms with Crippen molar-refractivity contribution in [1.82, 2.24) is 9.55 Å². The summed E-state index contributed by atoms with van der Waals surface area (Å²) in [5, 5.41) is 9.41. The second-order valence-corrected chi connectivity index (χ2v) is 5.03. The van der Waals surface area contributed by atoms with Crippen molar-refractivity contribution in [3.63, 3.8) is 0 Å². The number of hydrogen-bond acceptors (Lipinski definition) is 3. The topological polar surface area (TPSA) is 64.1 Å². The Labute approximate surface area is 100 Å². The number of benzene rings is 1. The van der Waals surface area contributed by atoms with Gasteiger partial charge in [0.2, 0.25) is 0 Å². The van der Waals surface area contributed by atoms with Gasteiger partial charge in [0, 0.05) is 11.7 Å². The highest BCUT2D eigenvalue weighted by Gasteiger charge is 2.29. The van der Waals surface area contributed by atoms with Crippen LogP contribution in [0.4, 0.5) is 5.69 Å². The van der Waals surface area contributed by atoms with Gasteiger partial charge in [-0.3, -0.25) is 0 Å². The number of anilines is 1. The van der Waals surface area contributed by atoms with Crippen LogP contribution in [-0.4, -0.2) is 14.7 Å². The highest BCUT2D eigenvalue weighted by molar-refractivity contribution is 5.79. The predicted molar refractivity (Wildman–Crippen MR) is 67.5 cm³/mol. The standard InChI is InChI=1S/C13H17N3O/c1-8-4-10(5-8)16-12-3-2-9(14)6-11(12)15-13(16)7-17/h2-3,6,8,10,17H,4-5,7,14H2,1H3. The number of aromatic nitrogens is 2. The van der Waals surface area contributed by atoms with Crippen LogP contribution in [-0.2, 0) is 6.61 Å². The lowest BCUT2D eigenvalue weighted by atomic mass is 9.81. The second kappa shape index (κ2) is 3.74. The van der Waals surface area contributed by atoms with Gasteiger partial charge in [-0.25, -0.2) is 4.98 Å². The van der Waals surface area contributed by atoms with Crippen LogP contribution in [0, 0.1) is 5.92 Å². The maximum absolute atomic E-state index is 9.41. The highest BCUT2D eigenvalue weighted by atomic mass is 16.3. The summed E-state index contributed by atoms with van der Waals surface area (Å²) in [6, 6.07) is 6.25. The van der Waals surface area contributed by atoms with Crippen molar-refractivity contribution in [1.29, 1.82) is 0 Å². The Kier molecular flexibility index (Phi) is 2.33. The van der Waals surface area contributed by atoms with Crippen molar-refractivity contribution in [2.45, 2.75) is 32.4 Å². The third-order valence-electron chi connectivity index (χ3n) is 3.64. The molecule has 1 heterocycles.